The van der Waals surface area contributed by atoms with Crippen LogP contribution in [0.3, 0.4) is 0 Å². The lowest BCUT2D eigenvalue weighted by Gasteiger charge is -2.16. The molecule has 0 saturated heterocycles. The number of hydrogen-bond acceptors (Lipinski definition) is 6. The number of hydrogen-bond donors (Lipinski definition) is 1. The molecule has 29 heavy (non-hydrogen) atoms. The van der Waals surface area contributed by atoms with Crippen LogP contribution in [0, 0.1) is 0 Å². The standard InChI is InChI=1S/C20H27N5O4/c1-23(2)9-10-25-20(27)24-8-7-15(4-6-18(24)22-25)21-19(26)12-14-3-5-16-17(11-14)29-13-28-16/h3,5,11,15H,4,6-10,12-13H2,1-2H3,(H,21,26). The van der Waals surface area contributed by atoms with Crippen molar-refractivity contribution in [3.8, 4) is 11.5 Å². The van der Waals surface area contributed by atoms with Gasteiger partial charge in [-0.2, -0.15) is 5.10 Å². The van der Waals surface area contributed by atoms with Crippen molar-refractivity contribution < 1.29 is 14.3 Å². The average Bonchev–Trinajstić information content (AvgIpc) is 3.20. The summed E-state index contributed by atoms with van der Waals surface area (Å²) in [5.74, 6) is 2.17. The Labute approximate surface area is 169 Å². The van der Waals surface area contributed by atoms with E-state index >= 15 is 0 Å². The predicted molar refractivity (Wildman–Crippen MR) is 106 cm³/mol. The number of nitrogens with one attached hydrogen (secondary N) is 1. The molecule has 1 aromatic carbocycles. The van der Waals surface area contributed by atoms with Crippen molar-refractivity contribution in [3.05, 3.63) is 40.1 Å². The van der Waals surface area contributed by atoms with Gasteiger partial charge in [0.2, 0.25) is 12.7 Å². The highest BCUT2D eigenvalue weighted by Crippen LogP contribution is 2.32. The lowest BCUT2D eigenvalue weighted by molar-refractivity contribution is -0.121. The van der Waals surface area contributed by atoms with Gasteiger partial charge in [0.25, 0.3) is 0 Å². The molecule has 2 aliphatic heterocycles. The van der Waals surface area contributed by atoms with Gasteiger partial charge in [-0.25, -0.2) is 9.48 Å². The van der Waals surface area contributed by atoms with Crippen molar-refractivity contribution in [3.63, 3.8) is 0 Å². The van der Waals surface area contributed by atoms with Gasteiger partial charge in [-0.3, -0.25) is 9.36 Å². The van der Waals surface area contributed by atoms with Crippen LogP contribution in [-0.4, -0.2) is 58.6 Å². The van der Waals surface area contributed by atoms with Crippen LogP contribution in [0.2, 0.25) is 0 Å². The van der Waals surface area contributed by atoms with Crippen molar-refractivity contribution in [2.45, 2.75) is 44.8 Å². The number of nitrogens with zero attached hydrogens (tertiary/aromatic N) is 4. The summed E-state index contributed by atoms with van der Waals surface area (Å²) in [5, 5.41) is 7.61. The number of benzene rings is 1. The van der Waals surface area contributed by atoms with E-state index in [1.54, 1.807) is 9.25 Å². The maximum atomic E-state index is 12.6. The Balaban J connectivity index is 1.33. The zero-order valence-electron chi connectivity index (χ0n) is 16.9. The maximum Gasteiger partial charge on any atom is 0.345 e. The summed E-state index contributed by atoms with van der Waals surface area (Å²) < 4.78 is 14.0. The third-order valence-electron chi connectivity index (χ3n) is 5.34. The number of carbonyl (C=O) groups excluding carboxylic acids is 1. The van der Waals surface area contributed by atoms with Crippen molar-refractivity contribution >= 4 is 5.91 Å². The Morgan fingerprint density at radius 3 is 2.93 bits per heavy atom. The Morgan fingerprint density at radius 1 is 1.28 bits per heavy atom. The van der Waals surface area contributed by atoms with Gasteiger partial charge in [0.15, 0.2) is 11.5 Å². The van der Waals surface area contributed by atoms with Crippen LogP contribution in [0.4, 0.5) is 0 Å². The summed E-state index contributed by atoms with van der Waals surface area (Å²) in [6, 6.07) is 5.59. The van der Waals surface area contributed by atoms with E-state index in [4.69, 9.17) is 9.47 Å². The van der Waals surface area contributed by atoms with Crippen LogP contribution >= 0.6 is 0 Å². The van der Waals surface area contributed by atoms with Crippen molar-refractivity contribution in [2.75, 3.05) is 27.4 Å². The predicted octanol–water partition coefficient (Wildman–Crippen LogP) is 0.399. The van der Waals surface area contributed by atoms with Crippen LogP contribution in [0.25, 0.3) is 0 Å². The van der Waals surface area contributed by atoms with E-state index < -0.39 is 0 Å². The molecule has 0 fully saturated rings. The molecule has 0 aliphatic carbocycles. The fourth-order valence-corrected chi connectivity index (χ4v) is 3.73. The zero-order valence-corrected chi connectivity index (χ0v) is 16.9. The molecule has 4 rings (SSSR count). The van der Waals surface area contributed by atoms with E-state index in [2.05, 4.69) is 10.4 Å². The minimum absolute atomic E-state index is 0.0307. The Morgan fingerprint density at radius 2 is 2.10 bits per heavy atom. The van der Waals surface area contributed by atoms with Gasteiger partial charge in [-0.05, 0) is 44.6 Å². The number of carbonyl (C=O) groups is 1. The molecule has 0 saturated carbocycles. The second-order valence-electron chi connectivity index (χ2n) is 7.83. The molecule has 1 N–H and O–H groups in total. The third-order valence-corrected chi connectivity index (χ3v) is 5.34. The molecule has 1 aromatic heterocycles. The first-order valence-electron chi connectivity index (χ1n) is 9.99. The number of ether oxygens (including phenoxy) is 2. The maximum absolute atomic E-state index is 12.6. The van der Waals surface area contributed by atoms with E-state index in [-0.39, 0.29) is 30.9 Å². The number of fused-ring (bicyclic) bond motifs is 2. The van der Waals surface area contributed by atoms with Gasteiger partial charge >= 0.3 is 5.69 Å². The van der Waals surface area contributed by atoms with Gasteiger partial charge in [0.05, 0.1) is 13.0 Å². The highest BCUT2D eigenvalue weighted by Gasteiger charge is 2.22. The lowest BCUT2D eigenvalue weighted by Crippen LogP contribution is -2.36. The summed E-state index contributed by atoms with van der Waals surface area (Å²) in [5.41, 5.74) is 0.825. The second kappa shape index (κ2) is 8.28. The first kappa shape index (κ1) is 19.5. The van der Waals surface area contributed by atoms with Crippen LogP contribution < -0.4 is 20.5 Å². The molecule has 9 nitrogen and oxygen atoms in total. The summed E-state index contributed by atoms with van der Waals surface area (Å²) in [7, 11) is 3.95. The van der Waals surface area contributed by atoms with Crippen LogP contribution in [0.15, 0.2) is 23.0 Å². The van der Waals surface area contributed by atoms with Gasteiger partial charge in [-0.15, -0.1) is 0 Å². The van der Waals surface area contributed by atoms with Crippen LogP contribution in [0.1, 0.15) is 24.2 Å². The minimum Gasteiger partial charge on any atom is -0.454 e. The Kier molecular flexibility index (Phi) is 5.57. The third kappa shape index (κ3) is 4.45. The highest BCUT2D eigenvalue weighted by molar-refractivity contribution is 5.79. The molecular formula is C20H27N5O4. The Bertz CT molecular complexity index is 949. The van der Waals surface area contributed by atoms with E-state index in [9.17, 15) is 9.59 Å². The second-order valence-corrected chi connectivity index (χ2v) is 7.83. The lowest BCUT2D eigenvalue weighted by atomic mass is 10.1. The molecule has 2 aliphatic rings. The molecule has 0 radical (unpaired) electrons. The van der Waals surface area contributed by atoms with E-state index in [0.29, 0.717) is 31.0 Å². The number of aryl methyl sites for hydroxylation is 1. The fraction of sp³-hybridized carbons (Fsp3) is 0.550. The number of aromatic nitrogens is 3. The molecule has 3 heterocycles. The topological polar surface area (TPSA) is 90.6 Å². The highest BCUT2D eigenvalue weighted by atomic mass is 16.7. The van der Waals surface area contributed by atoms with Gasteiger partial charge in [-0.1, -0.05) is 6.07 Å². The van der Waals surface area contributed by atoms with Gasteiger partial charge < -0.3 is 19.7 Å². The molecule has 0 bridgehead atoms. The summed E-state index contributed by atoms with van der Waals surface area (Å²) in [4.78, 5) is 27.1. The number of likely N-dealkylation sites (N-methyl/N-ethyl adjacent to an activating group) is 1. The largest absolute Gasteiger partial charge is 0.454 e. The normalized spacial score (nSPS) is 17.8. The molecular weight excluding hydrogens is 374 g/mol. The number of amides is 1. The van der Waals surface area contributed by atoms with Crippen molar-refractivity contribution in [1.82, 2.24) is 24.6 Å². The van der Waals surface area contributed by atoms with Crippen molar-refractivity contribution in [1.29, 1.82) is 0 Å². The smallest absolute Gasteiger partial charge is 0.345 e. The minimum atomic E-state index is -0.0609. The quantitative estimate of drug-likeness (QED) is 0.754. The van der Waals surface area contributed by atoms with Gasteiger partial charge in [0.1, 0.15) is 5.82 Å². The monoisotopic (exact) mass is 401 g/mol. The molecule has 2 aromatic rings. The zero-order chi connectivity index (χ0) is 20.4. The molecule has 1 amide bonds. The molecule has 1 unspecified atom stereocenters. The van der Waals surface area contributed by atoms with Crippen LogP contribution in [-0.2, 0) is 30.7 Å². The number of rotatable bonds is 6. The van der Waals surface area contributed by atoms with E-state index in [0.717, 1.165) is 30.8 Å². The molecule has 9 heteroatoms. The molecule has 1 atom stereocenters. The summed E-state index contributed by atoms with van der Waals surface area (Å²) in [6.45, 7) is 2.15. The first-order chi connectivity index (χ1) is 14.0. The van der Waals surface area contributed by atoms with Gasteiger partial charge in [0, 0.05) is 25.6 Å². The summed E-state index contributed by atoms with van der Waals surface area (Å²) in [6.07, 6.45) is 2.46. The SMILES string of the molecule is CN(C)CCn1nc2n(c1=O)CCC(NC(=O)Cc1ccc3c(c1)OCO3)CC2. The fourth-order valence-electron chi connectivity index (χ4n) is 3.73. The van der Waals surface area contributed by atoms with Crippen molar-refractivity contribution in [2.24, 2.45) is 0 Å². The molecule has 156 valence electrons. The summed E-state index contributed by atoms with van der Waals surface area (Å²) >= 11 is 0. The Hall–Kier alpha value is -2.81. The molecule has 0 spiro atoms. The average molecular weight is 401 g/mol. The van der Waals surface area contributed by atoms with E-state index in [1.165, 1.54) is 0 Å². The van der Waals surface area contributed by atoms with E-state index in [1.807, 2.05) is 37.2 Å². The van der Waals surface area contributed by atoms with Crippen LogP contribution in [0.5, 0.6) is 11.5 Å². The first-order valence-corrected chi connectivity index (χ1v) is 9.99.